The molecule has 0 heterocycles. The van der Waals surface area contributed by atoms with Gasteiger partial charge in [0.1, 0.15) is 0 Å². The van der Waals surface area contributed by atoms with Crippen LogP contribution in [0.4, 0.5) is 0 Å². The van der Waals surface area contributed by atoms with Crippen molar-refractivity contribution < 1.29 is 0 Å². The minimum Gasteiger partial charge on any atom is -0.310 e. The molecule has 0 aliphatic carbocycles. The number of rotatable bonds is 7. The molecule has 0 aliphatic heterocycles. The van der Waals surface area contributed by atoms with E-state index in [9.17, 15) is 0 Å². The van der Waals surface area contributed by atoms with Crippen LogP contribution in [0.5, 0.6) is 0 Å². The van der Waals surface area contributed by atoms with Crippen LogP contribution < -0.4 is 5.32 Å². The second-order valence-corrected chi connectivity index (χ2v) is 4.67. The lowest BCUT2D eigenvalue weighted by Gasteiger charge is -2.19. The SMILES string of the molecule is C=CCCCC(NCC)c1ccc(C)c(C)c1. The number of aryl methyl sites for hydroxylation is 2. The van der Waals surface area contributed by atoms with Gasteiger partial charge >= 0.3 is 0 Å². The standard InChI is InChI=1S/C16H25N/c1-5-7-8-9-16(17-6-2)15-11-10-13(3)14(4)12-15/h5,10-12,16-17H,1,6-9H2,2-4H3. The molecule has 94 valence electrons. The molecule has 0 aliphatic rings. The van der Waals surface area contributed by atoms with Crippen molar-refractivity contribution in [2.24, 2.45) is 0 Å². The lowest BCUT2D eigenvalue weighted by atomic mass is 9.97. The molecule has 0 saturated carbocycles. The fourth-order valence-electron chi connectivity index (χ4n) is 2.08. The number of unbranched alkanes of at least 4 members (excludes halogenated alkanes) is 1. The van der Waals surface area contributed by atoms with E-state index in [1.807, 2.05) is 6.08 Å². The quantitative estimate of drug-likeness (QED) is 0.544. The Morgan fingerprint density at radius 3 is 2.65 bits per heavy atom. The zero-order chi connectivity index (χ0) is 12.7. The Kier molecular flexibility index (Phi) is 5.99. The summed E-state index contributed by atoms with van der Waals surface area (Å²) < 4.78 is 0. The molecule has 1 aromatic carbocycles. The zero-order valence-electron chi connectivity index (χ0n) is 11.4. The molecule has 0 fully saturated rings. The average Bonchev–Trinajstić information content (AvgIpc) is 2.32. The first-order valence-electron chi connectivity index (χ1n) is 6.60. The van der Waals surface area contributed by atoms with Crippen LogP contribution in [0, 0.1) is 13.8 Å². The van der Waals surface area contributed by atoms with Crippen LogP contribution in [0.25, 0.3) is 0 Å². The third-order valence-electron chi connectivity index (χ3n) is 3.28. The summed E-state index contributed by atoms with van der Waals surface area (Å²) >= 11 is 0. The lowest BCUT2D eigenvalue weighted by molar-refractivity contribution is 0.500. The van der Waals surface area contributed by atoms with Crippen molar-refractivity contribution in [3.63, 3.8) is 0 Å². The minimum atomic E-state index is 0.485. The molecule has 1 unspecified atom stereocenters. The summed E-state index contributed by atoms with van der Waals surface area (Å²) in [5, 5.41) is 3.57. The van der Waals surface area contributed by atoms with E-state index in [4.69, 9.17) is 0 Å². The second-order valence-electron chi connectivity index (χ2n) is 4.67. The van der Waals surface area contributed by atoms with Gasteiger partial charge in [0.05, 0.1) is 0 Å². The fourth-order valence-corrected chi connectivity index (χ4v) is 2.08. The summed E-state index contributed by atoms with van der Waals surface area (Å²) in [6.07, 6.45) is 5.49. The van der Waals surface area contributed by atoms with E-state index in [2.05, 4.69) is 50.9 Å². The Bertz CT molecular complexity index is 355. The summed E-state index contributed by atoms with van der Waals surface area (Å²) in [6, 6.07) is 7.28. The number of hydrogen-bond acceptors (Lipinski definition) is 1. The lowest BCUT2D eigenvalue weighted by Crippen LogP contribution is -2.21. The summed E-state index contributed by atoms with van der Waals surface area (Å²) in [7, 11) is 0. The van der Waals surface area contributed by atoms with Crippen molar-refractivity contribution in [1.29, 1.82) is 0 Å². The molecule has 17 heavy (non-hydrogen) atoms. The van der Waals surface area contributed by atoms with Gasteiger partial charge in [-0.3, -0.25) is 0 Å². The molecule has 1 N–H and O–H groups in total. The van der Waals surface area contributed by atoms with Gasteiger partial charge in [0.25, 0.3) is 0 Å². The van der Waals surface area contributed by atoms with Gasteiger partial charge in [0.2, 0.25) is 0 Å². The minimum absolute atomic E-state index is 0.485. The molecule has 1 atom stereocenters. The molecule has 1 aromatic rings. The second kappa shape index (κ2) is 7.29. The van der Waals surface area contributed by atoms with Crippen LogP contribution in [-0.4, -0.2) is 6.54 Å². The van der Waals surface area contributed by atoms with Gasteiger partial charge < -0.3 is 5.32 Å². The third kappa shape index (κ3) is 4.35. The molecule has 1 heteroatoms. The van der Waals surface area contributed by atoms with E-state index >= 15 is 0 Å². The highest BCUT2D eigenvalue weighted by Crippen LogP contribution is 2.21. The van der Waals surface area contributed by atoms with Gasteiger partial charge in [-0.1, -0.05) is 31.2 Å². The highest BCUT2D eigenvalue weighted by Gasteiger charge is 2.10. The van der Waals surface area contributed by atoms with E-state index in [0.717, 1.165) is 13.0 Å². The van der Waals surface area contributed by atoms with Gasteiger partial charge in [0.15, 0.2) is 0 Å². The number of benzene rings is 1. The summed E-state index contributed by atoms with van der Waals surface area (Å²) in [5.74, 6) is 0. The Morgan fingerprint density at radius 2 is 2.06 bits per heavy atom. The predicted octanol–water partition coefficient (Wildman–Crippen LogP) is 4.31. The van der Waals surface area contributed by atoms with Crippen molar-refractivity contribution in [3.8, 4) is 0 Å². The predicted molar refractivity (Wildman–Crippen MR) is 76.4 cm³/mol. The van der Waals surface area contributed by atoms with Crippen LogP contribution in [0.2, 0.25) is 0 Å². The Labute approximate surface area is 106 Å². The first-order chi connectivity index (χ1) is 8.19. The number of allylic oxidation sites excluding steroid dienone is 1. The highest BCUT2D eigenvalue weighted by molar-refractivity contribution is 5.31. The smallest absolute Gasteiger partial charge is 0.0320 e. The van der Waals surface area contributed by atoms with Crippen LogP contribution in [-0.2, 0) is 0 Å². The normalized spacial score (nSPS) is 12.4. The van der Waals surface area contributed by atoms with E-state index in [1.54, 1.807) is 0 Å². The van der Waals surface area contributed by atoms with Crippen molar-refractivity contribution in [3.05, 3.63) is 47.5 Å². The summed E-state index contributed by atoms with van der Waals surface area (Å²) in [5.41, 5.74) is 4.17. The third-order valence-corrected chi connectivity index (χ3v) is 3.28. The van der Waals surface area contributed by atoms with Gasteiger partial charge in [-0.15, -0.1) is 6.58 Å². The van der Waals surface area contributed by atoms with E-state index in [1.165, 1.54) is 29.5 Å². The molecule has 0 radical (unpaired) electrons. The zero-order valence-corrected chi connectivity index (χ0v) is 11.4. The molecule has 0 saturated heterocycles. The fraction of sp³-hybridized carbons (Fsp3) is 0.500. The topological polar surface area (TPSA) is 12.0 Å². The summed E-state index contributed by atoms with van der Waals surface area (Å²) in [4.78, 5) is 0. The molecule has 0 amide bonds. The summed E-state index contributed by atoms with van der Waals surface area (Å²) in [6.45, 7) is 11.3. The van der Waals surface area contributed by atoms with Crippen LogP contribution in [0.15, 0.2) is 30.9 Å². The Hall–Kier alpha value is -1.08. The van der Waals surface area contributed by atoms with Gasteiger partial charge in [-0.25, -0.2) is 0 Å². The molecule has 0 bridgehead atoms. The first-order valence-corrected chi connectivity index (χ1v) is 6.60. The maximum absolute atomic E-state index is 3.78. The average molecular weight is 231 g/mol. The number of hydrogen-bond donors (Lipinski definition) is 1. The highest BCUT2D eigenvalue weighted by atomic mass is 14.9. The van der Waals surface area contributed by atoms with Crippen molar-refractivity contribution in [2.45, 2.75) is 46.1 Å². The largest absolute Gasteiger partial charge is 0.310 e. The van der Waals surface area contributed by atoms with Crippen LogP contribution >= 0.6 is 0 Å². The van der Waals surface area contributed by atoms with Crippen LogP contribution in [0.3, 0.4) is 0 Å². The molecule has 1 nitrogen and oxygen atoms in total. The van der Waals surface area contributed by atoms with Gasteiger partial charge in [-0.2, -0.15) is 0 Å². The molecule has 0 spiro atoms. The molecular formula is C16H25N. The Morgan fingerprint density at radius 1 is 1.29 bits per heavy atom. The first kappa shape index (κ1) is 14.0. The van der Waals surface area contributed by atoms with Crippen molar-refractivity contribution in [1.82, 2.24) is 5.32 Å². The molecular weight excluding hydrogens is 206 g/mol. The maximum atomic E-state index is 3.78. The van der Waals surface area contributed by atoms with Gasteiger partial charge in [-0.05, 0) is 56.3 Å². The number of nitrogens with one attached hydrogen (secondary N) is 1. The Balaban J connectivity index is 2.73. The van der Waals surface area contributed by atoms with E-state index in [0.29, 0.717) is 6.04 Å². The van der Waals surface area contributed by atoms with Crippen LogP contribution in [0.1, 0.15) is 48.9 Å². The van der Waals surface area contributed by atoms with E-state index < -0.39 is 0 Å². The van der Waals surface area contributed by atoms with Gasteiger partial charge in [0, 0.05) is 6.04 Å². The molecule has 0 aromatic heterocycles. The maximum Gasteiger partial charge on any atom is 0.0320 e. The van der Waals surface area contributed by atoms with E-state index in [-0.39, 0.29) is 0 Å². The van der Waals surface area contributed by atoms with Crippen molar-refractivity contribution >= 4 is 0 Å². The monoisotopic (exact) mass is 231 g/mol. The van der Waals surface area contributed by atoms with Crippen molar-refractivity contribution in [2.75, 3.05) is 6.54 Å². The molecule has 1 rings (SSSR count).